The molecule has 1 aliphatic carbocycles. The Hall–Kier alpha value is -3.30. The SMILES string of the molecule is O=C(O)COc1cccc2c1CC(SCc1ccc(C(F)(F)F)cc1)c1sc(-c3ccccc3)nc1-2. The third-order valence-electron chi connectivity index (χ3n) is 5.83. The number of thioether (sulfide) groups is 1. The van der Waals surface area contributed by atoms with Crippen LogP contribution < -0.4 is 4.74 Å². The number of nitrogens with zero attached hydrogens (tertiary/aromatic N) is 1. The van der Waals surface area contributed by atoms with E-state index in [1.807, 2.05) is 42.5 Å². The predicted molar refractivity (Wildman–Crippen MR) is 135 cm³/mol. The summed E-state index contributed by atoms with van der Waals surface area (Å²) in [6.45, 7) is -0.445. The molecule has 36 heavy (non-hydrogen) atoms. The van der Waals surface area contributed by atoms with Gasteiger partial charge in [0, 0.05) is 32.6 Å². The molecule has 1 N–H and O–H groups in total. The number of aromatic nitrogens is 1. The number of rotatable bonds is 7. The van der Waals surface area contributed by atoms with E-state index in [1.165, 1.54) is 12.1 Å². The van der Waals surface area contributed by atoms with Crippen molar-refractivity contribution in [2.24, 2.45) is 0 Å². The average Bonchev–Trinajstić information content (AvgIpc) is 3.32. The third kappa shape index (κ3) is 5.12. The lowest BCUT2D eigenvalue weighted by molar-refractivity contribution is -0.139. The van der Waals surface area contributed by atoms with Gasteiger partial charge in [-0.15, -0.1) is 23.1 Å². The number of carboxylic acid groups (broad SMARTS) is 1. The van der Waals surface area contributed by atoms with Gasteiger partial charge in [-0.05, 0) is 30.2 Å². The van der Waals surface area contributed by atoms with E-state index in [-0.39, 0.29) is 5.25 Å². The van der Waals surface area contributed by atoms with E-state index in [9.17, 15) is 18.0 Å². The Morgan fingerprint density at radius 1 is 1.06 bits per heavy atom. The lowest BCUT2D eigenvalue weighted by Gasteiger charge is -2.25. The lowest BCUT2D eigenvalue weighted by Crippen LogP contribution is -2.13. The Labute approximate surface area is 213 Å². The van der Waals surface area contributed by atoms with Crippen LogP contribution in [0.5, 0.6) is 5.75 Å². The Bertz CT molecular complexity index is 1390. The van der Waals surface area contributed by atoms with Gasteiger partial charge in [0.15, 0.2) is 6.61 Å². The van der Waals surface area contributed by atoms with Crippen LogP contribution in [0.15, 0.2) is 72.8 Å². The molecule has 1 atom stereocenters. The molecule has 5 rings (SSSR count). The van der Waals surface area contributed by atoms with Gasteiger partial charge in [0.05, 0.1) is 11.3 Å². The van der Waals surface area contributed by atoms with Gasteiger partial charge in [-0.3, -0.25) is 0 Å². The van der Waals surface area contributed by atoms with E-state index in [4.69, 9.17) is 14.8 Å². The molecule has 0 amide bonds. The van der Waals surface area contributed by atoms with Crippen molar-refractivity contribution in [1.82, 2.24) is 4.98 Å². The second-order valence-electron chi connectivity index (χ2n) is 8.26. The molecule has 4 aromatic rings. The summed E-state index contributed by atoms with van der Waals surface area (Å²) in [4.78, 5) is 17.1. The summed E-state index contributed by atoms with van der Waals surface area (Å²) in [5.41, 5.74) is 3.77. The molecular formula is C27H20F3NO3S2. The number of thiazole rings is 1. The highest BCUT2D eigenvalue weighted by Gasteiger charge is 2.32. The van der Waals surface area contributed by atoms with Crippen molar-refractivity contribution < 1.29 is 27.8 Å². The predicted octanol–water partition coefficient (Wildman–Crippen LogP) is 7.49. The summed E-state index contributed by atoms with van der Waals surface area (Å²) < 4.78 is 44.4. The second kappa shape index (κ2) is 9.99. The monoisotopic (exact) mass is 527 g/mol. The zero-order chi connectivity index (χ0) is 25.3. The number of benzene rings is 3. The summed E-state index contributed by atoms with van der Waals surface area (Å²) in [7, 11) is 0. The third-order valence-corrected chi connectivity index (χ3v) is 8.50. The van der Waals surface area contributed by atoms with Gasteiger partial charge in [0.25, 0.3) is 0 Å². The standard InChI is InChI=1S/C27H20F3NO3S2/c28-27(29,30)18-11-9-16(10-12-18)15-35-22-13-20-19(7-4-8-21(20)34-14-23(32)33)24-25(22)36-26(31-24)17-5-2-1-3-6-17/h1-12,22H,13-15H2,(H,32,33). The van der Waals surface area contributed by atoms with E-state index < -0.39 is 24.3 Å². The van der Waals surface area contributed by atoms with Gasteiger partial charge in [-0.25, -0.2) is 9.78 Å². The number of aliphatic carboxylic acids is 1. The van der Waals surface area contributed by atoms with E-state index >= 15 is 0 Å². The summed E-state index contributed by atoms with van der Waals surface area (Å²) in [6.07, 6.45) is -3.77. The van der Waals surface area contributed by atoms with Crippen LogP contribution >= 0.6 is 23.1 Å². The van der Waals surface area contributed by atoms with Crippen molar-refractivity contribution in [1.29, 1.82) is 0 Å². The number of ether oxygens (including phenoxy) is 1. The van der Waals surface area contributed by atoms with Crippen molar-refractivity contribution in [3.8, 4) is 27.6 Å². The molecule has 1 unspecified atom stereocenters. The minimum Gasteiger partial charge on any atom is -0.482 e. The number of halogens is 3. The van der Waals surface area contributed by atoms with E-state index in [2.05, 4.69) is 0 Å². The van der Waals surface area contributed by atoms with Crippen molar-refractivity contribution >= 4 is 29.1 Å². The molecule has 184 valence electrons. The van der Waals surface area contributed by atoms with Crippen LogP contribution in [0.2, 0.25) is 0 Å². The molecule has 4 nitrogen and oxygen atoms in total. The molecule has 0 aliphatic heterocycles. The van der Waals surface area contributed by atoms with E-state index in [0.717, 1.165) is 50.0 Å². The maximum atomic E-state index is 12.9. The van der Waals surface area contributed by atoms with Crippen LogP contribution in [0.1, 0.15) is 26.8 Å². The average molecular weight is 528 g/mol. The first-order valence-electron chi connectivity index (χ1n) is 11.1. The van der Waals surface area contributed by atoms with Gasteiger partial charge in [-0.2, -0.15) is 13.2 Å². The van der Waals surface area contributed by atoms with Gasteiger partial charge in [0.2, 0.25) is 0 Å². The van der Waals surface area contributed by atoms with Gasteiger partial charge >= 0.3 is 12.1 Å². The molecule has 0 radical (unpaired) electrons. The molecule has 0 spiro atoms. The highest BCUT2D eigenvalue weighted by molar-refractivity contribution is 7.98. The largest absolute Gasteiger partial charge is 0.482 e. The molecule has 1 heterocycles. The quantitative estimate of drug-likeness (QED) is 0.270. The highest BCUT2D eigenvalue weighted by atomic mass is 32.2. The Kier molecular flexibility index (Phi) is 6.77. The number of alkyl halides is 3. The number of carbonyl (C=O) groups is 1. The molecule has 3 aromatic carbocycles. The zero-order valence-corrected chi connectivity index (χ0v) is 20.4. The second-order valence-corrected chi connectivity index (χ2v) is 10.5. The van der Waals surface area contributed by atoms with Crippen molar-refractivity contribution in [2.75, 3.05) is 6.61 Å². The van der Waals surface area contributed by atoms with Gasteiger partial charge in [0.1, 0.15) is 10.8 Å². The summed E-state index contributed by atoms with van der Waals surface area (Å²) in [5, 5.41) is 9.95. The lowest BCUT2D eigenvalue weighted by atomic mass is 9.92. The number of fused-ring (bicyclic) bond motifs is 3. The first kappa shape index (κ1) is 24.4. The Morgan fingerprint density at radius 2 is 1.81 bits per heavy atom. The fourth-order valence-corrected chi connectivity index (χ4v) is 6.67. The van der Waals surface area contributed by atoms with E-state index in [0.29, 0.717) is 17.9 Å². The molecule has 0 bridgehead atoms. The molecule has 1 aromatic heterocycles. The van der Waals surface area contributed by atoms with Crippen LogP contribution in [-0.2, 0) is 23.1 Å². The highest BCUT2D eigenvalue weighted by Crippen LogP contribution is 2.51. The van der Waals surface area contributed by atoms with Crippen LogP contribution in [-0.4, -0.2) is 22.7 Å². The van der Waals surface area contributed by atoms with Crippen LogP contribution in [0.4, 0.5) is 13.2 Å². The summed E-state index contributed by atoms with van der Waals surface area (Å²) in [5.74, 6) is -0.0267. The normalized spacial score (nSPS) is 14.7. The fraction of sp³-hybridized carbons (Fsp3) is 0.185. The fourth-order valence-electron chi connectivity index (χ4n) is 4.12. The first-order chi connectivity index (χ1) is 17.3. The van der Waals surface area contributed by atoms with E-state index in [1.54, 1.807) is 29.2 Å². The van der Waals surface area contributed by atoms with Crippen LogP contribution in [0.25, 0.3) is 21.8 Å². The number of hydrogen-bond acceptors (Lipinski definition) is 5. The molecule has 0 saturated carbocycles. The van der Waals surface area contributed by atoms with Gasteiger partial charge < -0.3 is 9.84 Å². The molecule has 0 fully saturated rings. The number of hydrogen-bond donors (Lipinski definition) is 1. The minimum atomic E-state index is -4.36. The molecular weight excluding hydrogens is 507 g/mol. The first-order valence-corrected chi connectivity index (χ1v) is 13.0. The van der Waals surface area contributed by atoms with Crippen molar-refractivity contribution in [2.45, 2.75) is 23.6 Å². The molecule has 0 saturated heterocycles. The Balaban J connectivity index is 1.48. The van der Waals surface area contributed by atoms with Crippen molar-refractivity contribution in [3.63, 3.8) is 0 Å². The Morgan fingerprint density at radius 3 is 2.50 bits per heavy atom. The molecule has 1 aliphatic rings. The maximum absolute atomic E-state index is 12.9. The number of carboxylic acids is 1. The maximum Gasteiger partial charge on any atom is 0.416 e. The zero-order valence-electron chi connectivity index (χ0n) is 18.8. The molecule has 9 heteroatoms. The summed E-state index contributed by atoms with van der Waals surface area (Å²) in [6, 6.07) is 20.7. The van der Waals surface area contributed by atoms with Gasteiger partial charge in [-0.1, -0.05) is 54.6 Å². The minimum absolute atomic E-state index is 0.0145. The van der Waals surface area contributed by atoms with Crippen molar-refractivity contribution in [3.05, 3.63) is 94.4 Å². The van der Waals surface area contributed by atoms with Crippen LogP contribution in [0, 0.1) is 0 Å². The van der Waals surface area contributed by atoms with Crippen LogP contribution in [0.3, 0.4) is 0 Å². The topological polar surface area (TPSA) is 59.4 Å². The summed E-state index contributed by atoms with van der Waals surface area (Å²) >= 11 is 3.24. The smallest absolute Gasteiger partial charge is 0.416 e.